The van der Waals surface area contributed by atoms with Crippen LogP contribution in [0.4, 0.5) is 0 Å². The van der Waals surface area contributed by atoms with Gasteiger partial charge >= 0.3 is 0 Å². The number of nitrogens with one attached hydrogen (secondary N) is 1. The van der Waals surface area contributed by atoms with Crippen LogP contribution >= 0.6 is 0 Å². The van der Waals surface area contributed by atoms with E-state index in [-0.39, 0.29) is 11.8 Å². The monoisotopic (exact) mass is 348 g/mol. The Labute approximate surface area is 148 Å². The Hall–Kier alpha value is -1.89. The SMILES string of the molecule is COCCNC(=O)c1nc(C(=O)N2CCCCCC2)c2n1CCCC2. The highest BCUT2D eigenvalue weighted by Crippen LogP contribution is 2.23. The molecular formula is C18H28N4O3. The predicted molar refractivity (Wildman–Crippen MR) is 93.7 cm³/mol. The Kier molecular flexibility index (Phi) is 6.07. The third kappa shape index (κ3) is 4.03. The number of fused-ring (bicyclic) bond motifs is 1. The summed E-state index contributed by atoms with van der Waals surface area (Å²) >= 11 is 0. The van der Waals surface area contributed by atoms with Crippen molar-refractivity contribution in [2.75, 3.05) is 33.4 Å². The van der Waals surface area contributed by atoms with Gasteiger partial charge in [-0.3, -0.25) is 9.59 Å². The summed E-state index contributed by atoms with van der Waals surface area (Å²) in [6.07, 6.45) is 7.32. The number of hydrogen-bond donors (Lipinski definition) is 1. The first kappa shape index (κ1) is 17.9. The van der Waals surface area contributed by atoms with E-state index in [0.29, 0.717) is 24.7 Å². The summed E-state index contributed by atoms with van der Waals surface area (Å²) in [7, 11) is 1.60. The van der Waals surface area contributed by atoms with Gasteiger partial charge in [-0.15, -0.1) is 0 Å². The number of aromatic nitrogens is 2. The minimum atomic E-state index is -0.227. The molecule has 3 heterocycles. The van der Waals surface area contributed by atoms with Gasteiger partial charge in [-0.25, -0.2) is 4.98 Å². The molecule has 0 spiro atoms. The molecule has 7 heteroatoms. The number of ether oxygens (including phenoxy) is 1. The van der Waals surface area contributed by atoms with E-state index in [1.807, 2.05) is 9.47 Å². The smallest absolute Gasteiger partial charge is 0.287 e. The van der Waals surface area contributed by atoms with Crippen molar-refractivity contribution in [1.82, 2.24) is 19.8 Å². The van der Waals surface area contributed by atoms with Crippen LogP contribution in [0.2, 0.25) is 0 Å². The van der Waals surface area contributed by atoms with Crippen molar-refractivity contribution in [3.63, 3.8) is 0 Å². The summed E-state index contributed by atoms with van der Waals surface area (Å²) in [5, 5.41) is 2.82. The Balaban J connectivity index is 1.83. The number of carbonyl (C=O) groups excluding carboxylic acids is 2. The van der Waals surface area contributed by atoms with Gasteiger partial charge in [0.2, 0.25) is 0 Å². The summed E-state index contributed by atoms with van der Waals surface area (Å²) in [5.41, 5.74) is 1.41. The molecule has 0 saturated carbocycles. The van der Waals surface area contributed by atoms with Gasteiger partial charge < -0.3 is 19.5 Å². The zero-order valence-corrected chi connectivity index (χ0v) is 15.1. The summed E-state index contributed by atoms with van der Waals surface area (Å²) in [5.74, 6) is 0.127. The molecule has 138 valence electrons. The van der Waals surface area contributed by atoms with Crippen LogP contribution in [0.3, 0.4) is 0 Å². The van der Waals surface area contributed by atoms with E-state index >= 15 is 0 Å². The average molecular weight is 348 g/mol. The summed E-state index contributed by atoms with van der Waals surface area (Å²) in [6, 6.07) is 0. The minimum Gasteiger partial charge on any atom is -0.383 e. The van der Waals surface area contributed by atoms with Crippen LogP contribution in [-0.2, 0) is 17.7 Å². The fourth-order valence-corrected chi connectivity index (χ4v) is 3.66. The fraction of sp³-hybridized carbons (Fsp3) is 0.722. The number of amides is 2. The molecule has 1 aromatic heterocycles. The van der Waals surface area contributed by atoms with Gasteiger partial charge in [0.05, 0.1) is 12.3 Å². The van der Waals surface area contributed by atoms with Crippen LogP contribution in [0.1, 0.15) is 65.3 Å². The third-order valence-electron chi connectivity index (χ3n) is 5.01. The van der Waals surface area contributed by atoms with Crippen molar-refractivity contribution in [3.05, 3.63) is 17.2 Å². The molecule has 1 aromatic rings. The largest absolute Gasteiger partial charge is 0.383 e. The van der Waals surface area contributed by atoms with E-state index in [2.05, 4.69) is 10.3 Å². The second kappa shape index (κ2) is 8.47. The molecular weight excluding hydrogens is 320 g/mol. The molecule has 2 aliphatic rings. The first-order valence-corrected chi connectivity index (χ1v) is 9.38. The van der Waals surface area contributed by atoms with E-state index in [9.17, 15) is 9.59 Å². The molecule has 1 saturated heterocycles. The van der Waals surface area contributed by atoms with Gasteiger partial charge in [0.1, 0.15) is 5.69 Å². The van der Waals surface area contributed by atoms with Gasteiger partial charge in [0, 0.05) is 33.3 Å². The van der Waals surface area contributed by atoms with Crippen molar-refractivity contribution < 1.29 is 14.3 Å². The molecule has 2 amide bonds. The highest BCUT2D eigenvalue weighted by molar-refractivity contribution is 5.97. The number of nitrogens with zero attached hydrogens (tertiary/aromatic N) is 3. The van der Waals surface area contributed by atoms with E-state index in [1.165, 1.54) is 12.8 Å². The molecule has 7 nitrogen and oxygen atoms in total. The molecule has 2 aliphatic heterocycles. The Morgan fingerprint density at radius 2 is 1.80 bits per heavy atom. The Bertz CT molecular complexity index is 618. The van der Waals surface area contributed by atoms with Crippen molar-refractivity contribution in [1.29, 1.82) is 0 Å². The first-order chi connectivity index (χ1) is 12.2. The Morgan fingerprint density at radius 1 is 1.08 bits per heavy atom. The molecule has 25 heavy (non-hydrogen) atoms. The molecule has 0 aromatic carbocycles. The van der Waals surface area contributed by atoms with Crippen LogP contribution in [0.25, 0.3) is 0 Å². The molecule has 1 fully saturated rings. The normalized spacial score (nSPS) is 17.7. The quantitative estimate of drug-likeness (QED) is 0.820. The topological polar surface area (TPSA) is 76.5 Å². The lowest BCUT2D eigenvalue weighted by atomic mass is 10.1. The van der Waals surface area contributed by atoms with Crippen LogP contribution in [-0.4, -0.2) is 59.6 Å². The lowest BCUT2D eigenvalue weighted by Gasteiger charge is -2.21. The average Bonchev–Trinajstić information content (AvgIpc) is 2.81. The van der Waals surface area contributed by atoms with Crippen LogP contribution in [0, 0.1) is 0 Å². The van der Waals surface area contributed by atoms with Crippen LogP contribution < -0.4 is 5.32 Å². The highest BCUT2D eigenvalue weighted by Gasteiger charge is 2.29. The van der Waals surface area contributed by atoms with Crippen molar-refractivity contribution in [3.8, 4) is 0 Å². The number of hydrogen-bond acceptors (Lipinski definition) is 4. The highest BCUT2D eigenvalue weighted by atomic mass is 16.5. The number of carbonyl (C=O) groups is 2. The second-order valence-corrected chi connectivity index (χ2v) is 6.79. The van der Waals surface area contributed by atoms with E-state index < -0.39 is 0 Å². The summed E-state index contributed by atoms with van der Waals surface area (Å²) in [4.78, 5) is 31.9. The van der Waals surface area contributed by atoms with E-state index in [0.717, 1.165) is 57.4 Å². The van der Waals surface area contributed by atoms with Crippen molar-refractivity contribution in [2.24, 2.45) is 0 Å². The first-order valence-electron chi connectivity index (χ1n) is 9.38. The zero-order chi connectivity index (χ0) is 17.6. The van der Waals surface area contributed by atoms with Gasteiger partial charge in [-0.1, -0.05) is 12.8 Å². The Morgan fingerprint density at radius 3 is 2.52 bits per heavy atom. The van der Waals surface area contributed by atoms with Gasteiger partial charge in [-0.2, -0.15) is 0 Å². The minimum absolute atomic E-state index is 0.0107. The van der Waals surface area contributed by atoms with Crippen molar-refractivity contribution >= 4 is 11.8 Å². The number of methoxy groups -OCH3 is 1. The van der Waals surface area contributed by atoms with Crippen LogP contribution in [0.15, 0.2) is 0 Å². The number of imidazole rings is 1. The number of rotatable bonds is 5. The zero-order valence-electron chi connectivity index (χ0n) is 15.1. The molecule has 0 unspecified atom stereocenters. The molecule has 0 radical (unpaired) electrons. The number of likely N-dealkylation sites (tertiary alicyclic amines) is 1. The maximum Gasteiger partial charge on any atom is 0.287 e. The van der Waals surface area contributed by atoms with Gasteiger partial charge in [0.25, 0.3) is 11.8 Å². The standard InChI is InChI=1S/C18H28N4O3/c1-25-13-9-19-17(23)16-20-15(14-8-4-7-12-22(14)16)18(24)21-10-5-2-3-6-11-21/h2-13H2,1H3,(H,19,23). The maximum absolute atomic E-state index is 13.0. The lowest BCUT2D eigenvalue weighted by molar-refractivity contribution is 0.0754. The second-order valence-electron chi connectivity index (χ2n) is 6.79. The molecule has 1 N–H and O–H groups in total. The molecule has 0 aliphatic carbocycles. The molecule has 3 rings (SSSR count). The predicted octanol–water partition coefficient (Wildman–Crippen LogP) is 1.61. The lowest BCUT2D eigenvalue weighted by Crippen LogP contribution is -2.33. The molecule has 0 atom stereocenters. The van der Waals surface area contributed by atoms with Crippen molar-refractivity contribution in [2.45, 2.75) is 51.5 Å². The summed E-state index contributed by atoms with van der Waals surface area (Å²) in [6.45, 7) is 3.23. The maximum atomic E-state index is 13.0. The van der Waals surface area contributed by atoms with E-state index in [1.54, 1.807) is 7.11 Å². The van der Waals surface area contributed by atoms with Crippen LogP contribution in [0.5, 0.6) is 0 Å². The molecule has 0 bridgehead atoms. The third-order valence-corrected chi connectivity index (χ3v) is 5.01. The summed E-state index contributed by atoms with van der Waals surface area (Å²) < 4.78 is 6.91. The van der Waals surface area contributed by atoms with E-state index in [4.69, 9.17) is 4.74 Å². The van der Waals surface area contributed by atoms with Gasteiger partial charge in [-0.05, 0) is 32.1 Å². The fourth-order valence-electron chi connectivity index (χ4n) is 3.66. The van der Waals surface area contributed by atoms with Gasteiger partial charge in [0.15, 0.2) is 5.82 Å².